The van der Waals surface area contributed by atoms with Crippen LogP contribution in [0, 0.1) is 0 Å². The molecule has 11 heteroatoms. The van der Waals surface area contributed by atoms with Crippen LogP contribution < -0.4 is 9.46 Å². The molecule has 1 aliphatic rings. The summed E-state index contributed by atoms with van der Waals surface area (Å²) >= 11 is 0. The van der Waals surface area contributed by atoms with Crippen LogP contribution in [0.25, 0.3) is 16.9 Å². The third kappa shape index (κ3) is 3.87. The Hall–Kier alpha value is -2.63. The van der Waals surface area contributed by atoms with Gasteiger partial charge in [-0.1, -0.05) is 12.1 Å². The van der Waals surface area contributed by atoms with E-state index < -0.39 is 36.0 Å². The van der Waals surface area contributed by atoms with Gasteiger partial charge in [0.25, 0.3) is 0 Å². The van der Waals surface area contributed by atoms with E-state index in [0.717, 1.165) is 0 Å². The smallest absolute Gasteiger partial charge is 0.240 e. The van der Waals surface area contributed by atoms with Gasteiger partial charge in [-0.15, -0.1) is 0 Å². The number of aromatic nitrogens is 2. The van der Waals surface area contributed by atoms with E-state index in [0.29, 0.717) is 35.4 Å². The van der Waals surface area contributed by atoms with Crippen LogP contribution in [-0.2, 0) is 19.9 Å². The number of nitrogens with zero attached hydrogens (tertiary/aromatic N) is 2. The first-order chi connectivity index (χ1) is 15.3. The van der Waals surface area contributed by atoms with E-state index in [1.807, 2.05) is 0 Å². The zero-order valence-electron chi connectivity index (χ0n) is 18.9. The van der Waals surface area contributed by atoms with Gasteiger partial charge in [0, 0.05) is 23.5 Å². The second-order valence-corrected chi connectivity index (χ2v) is 14.0. The average molecular weight is 494 g/mol. The van der Waals surface area contributed by atoms with Crippen molar-refractivity contribution < 1.29 is 26.7 Å². The van der Waals surface area contributed by atoms with E-state index in [4.69, 9.17) is 4.74 Å². The Kier molecular flexibility index (Phi) is 5.50. The summed E-state index contributed by atoms with van der Waals surface area (Å²) in [4.78, 5) is 4.41. The Morgan fingerprint density at radius 3 is 2.45 bits per heavy atom. The third-order valence-electron chi connectivity index (χ3n) is 5.97. The molecule has 0 unspecified atom stereocenters. The number of aliphatic hydroxyl groups excluding tert-OH is 1. The minimum absolute atomic E-state index is 0.0414. The van der Waals surface area contributed by atoms with E-state index >= 15 is 0 Å². The predicted octanol–water partition coefficient (Wildman–Crippen LogP) is 2.85. The van der Waals surface area contributed by atoms with Gasteiger partial charge in [-0.2, -0.15) is 0 Å². The number of sulfone groups is 1. The van der Waals surface area contributed by atoms with E-state index in [-0.39, 0.29) is 10.6 Å². The maximum absolute atomic E-state index is 13.2. The van der Waals surface area contributed by atoms with Gasteiger partial charge >= 0.3 is 0 Å². The van der Waals surface area contributed by atoms with E-state index in [2.05, 4.69) is 9.71 Å². The average Bonchev–Trinajstić information content (AvgIpc) is 3.46. The first-order valence-electron chi connectivity index (χ1n) is 10.4. The van der Waals surface area contributed by atoms with Crippen molar-refractivity contribution in [3.63, 3.8) is 0 Å². The first-order valence-corrected chi connectivity index (χ1v) is 13.4. The fourth-order valence-corrected chi connectivity index (χ4v) is 6.32. The lowest BCUT2D eigenvalue weighted by Gasteiger charge is -2.21. The number of hydrogen-bond donors (Lipinski definition) is 2. The van der Waals surface area contributed by atoms with Crippen LogP contribution in [0.4, 0.5) is 5.69 Å². The lowest BCUT2D eigenvalue weighted by Crippen LogP contribution is -2.32. The topological polar surface area (TPSA) is 127 Å². The number of anilines is 1. The number of benzene rings is 1. The second-order valence-electron chi connectivity index (χ2n) is 9.22. The number of aliphatic hydroxyl groups is 1. The van der Waals surface area contributed by atoms with Crippen molar-refractivity contribution >= 4 is 31.2 Å². The van der Waals surface area contributed by atoms with E-state index in [9.17, 15) is 21.9 Å². The highest BCUT2D eigenvalue weighted by atomic mass is 32.2. The molecule has 1 saturated carbocycles. The molecule has 0 atom stereocenters. The van der Waals surface area contributed by atoms with Gasteiger partial charge in [-0.25, -0.2) is 21.8 Å². The van der Waals surface area contributed by atoms with Crippen LogP contribution >= 0.6 is 0 Å². The largest absolute Gasteiger partial charge is 0.495 e. The quantitative estimate of drug-likeness (QED) is 0.518. The van der Waals surface area contributed by atoms with Crippen LogP contribution in [-0.4, -0.2) is 54.5 Å². The number of sulfonamides is 1. The molecule has 2 aromatic heterocycles. The van der Waals surface area contributed by atoms with Gasteiger partial charge in [-0.3, -0.25) is 9.12 Å². The number of nitrogens with one attached hydrogen (secondary N) is 1. The van der Waals surface area contributed by atoms with Crippen LogP contribution in [0.15, 0.2) is 47.6 Å². The standard InChI is InChI=1S/C22H27N3O6S2/c1-21(2,3)32(27,28)19-13-25-17(12-23-20(25)11-18(19)31-4)15-6-5-7-16(10-15)24-33(29,30)22(14-26)8-9-22/h5-7,10-13,24,26H,8-9,14H2,1-4H3. The molecule has 0 spiro atoms. The van der Waals surface area contributed by atoms with Gasteiger partial charge in [0.1, 0.15) is 21.0 Å². The van der Waals surface area contributed by atoms with Crippen molar-refractivity contribution in [3.05, 3.63) is 42.7 Å². The van der Waals surface area contributed by atoms with Gasteiger partial charge in [0.05, 0.1) is 30.4 Å². The Balaban J connectivity index is 1.80. The minimum Gasteiger partial charge on any atom is -0.495 e. The molecule has 2 heterocycles. The Labute approximate surface area is 193 Å². The normalized spacial score (nSPS) is 16.0. The van der Waals surface area contributed by atoms with Crippen molar-refractivity contribution in [2.24, 2.45) is 0 Å². The number of pyridine rings is 1. The minimum atomic E-state index is -3.75. The molecule has 0 bridgehead atoms. The highest BCUT2D eigenvalue weighted by molar-refractivity contribution is 7.94. The lowest BCUT2D eigenvalue weighted by molar-refractivity contribution is 0.284. The summed E-state index contributed by atoms with van der Waals surface area (Å²) in [5, 5.41) is 9.49. The first kappa shape index (κ1) is 23.5. The summed E-state index contributed by atoms with van der Waals surface area (Å²) in [6, 6.07) is 8.31. The number of hydrogen-bond acceptors (Lipinski definition) is 7. The number of fused-ring (bicyclic) bond motifs is 1. The van der Waals surface area contributed by atoms with Crippen LogP contribution in [0.3, 0.4) is 0 Å². The van der Waals surface area contributed by atoms with Gasteiger partial charge in [0.2, 0.25) is 10.0 Å². The maximum atomic E-state index is 13.2. The summed E-state index contributed by atoms with van der Waals surface area (Å²) in [7, 11) is -6.06. The van der Waals surface area contributed by atoms with E-state index in [1.54, 1.807) is 61.7 Å². The highest BCUT2D eigenvalue weighted by Crippen LogP contribution is 2.43. The van der Waals surface area contributed by atoms with Crippen LogP contribution in [0.5, 0.6) is 5.75 Å². The SMILES string of the molecule is COc1cc2ncc(-c3cccc(NS(=O)(=O)C4(CO)CC4)c3)n2cc1S(=O)(=O)C(C)(C)C. The predicted molar refractivity (Wildman–Crippen MR) is 126 cm³/mol. The molecule has 1 aliphatic carbocycles. The van der Waals surface area contributed by atoms with Crippen molar-refractivity contribution in [2.75, 3.05) is 18.4 Å². The molecule has 0 amide bonds. The van der Waals surface area contributed by atoms with Crippen molar-refractivity contribution in [1.82, 2.24) is 9.38 Å². The monoisotopic (exact) mass is 493 g/mol. The van der Waals surface area contributed by atoms with Crippen molar-refractivity contribution in [3.8, 4) is 17.0 Å². The molecule has 0 radical (unpaired) electrons. The van der Waals surface area contributed by atoms with Crippen molar-refractivity contribution in [2.45, 2.75) is 48.0 Å². The molecule has 178 valence electrons. The summed E-state index contributed by atoms with van der Waals surface area (Å²) in [6.45, 7) is 4.43. The van der Waals surface area contributed by atoms with Crippen LogP contribution in [0.2, 0.25) is 0 Å². The molecule has 4 rings (SSSR count). The zero-order chi connectivity index (χ0) is 24.2. The lowest BCUT2D eigenvalue weighted by atomic mass is 10.1. The highest BCUT2D eigenvalue weighted by Gasteiger charge is 2.54. The maximum Gasteiger partial charge on any atom is 0.240 e. The molecule has 3 aromatic rings. The summed E-state index contributed by atoms with van der Waals surface area (Å²) in [5.41, 5.74) is 2.05. The van der Waals surface area contributed by atoms with Gasteiger partial charge in [0.15, 0.2) is 9.84 Å². The number of rotatable bonds is 7. The molecule has 1 aromatic carbocycles. The molecular weight excluding hydrogens is 466 g/mol. The molecule has 9 nitrogen and oxygen atoms in total. The molecule has 0 saturated heterocycles. The second kappa shape index (κ2) is 7.71. The van der Waals surface area contributed by atoms with Crippen molar-refractivity contribution in [1.29, 1.82) is 0 Å². The van der Waals surface area contributed by atoms with Crippen LogP contribution in [0.1, 0.15) is 33.6 Å². The Morgan fingerprint density at radius 1 is 1.18 bits per heavy atom. The number of methoxy groups -OCH3 is 1. The Morgan fingerprint density at radius 2 is 1.88 bits per heavy atom. The summed E-state index contributed by atoms with van der Waals surface area (Å²) < 4.78 is 59.1. The molecular formula is C22H27N3O6S2. The molecule has 1 fully saturated rings. The number of ether oxygens (including phenoxy) is 1. The van der Waals surface area contributed by atoms with E-state index in [1.165, 1.54) is 13.3 Å². The molecule has 0 aliphatic heterocycles. The van der Waals surface area contributed by atoms with Gasteiger partial charge in [-0.05, 0) is 45.7 Å². The zero-order valence-corrected chi connectivity index (χ0v) is 20.5. The Bertz CT molecular complexity index is 1430. The molecule has 2 N–H and O–H groups in total. The van der Waals surface area contributed by atoms with Gasteiger partial charge < -0.3 is 9.84 Å². The summed E-state index contributed by atoms with van der Waals surface area (Å²) in [6.07, 6.45) is 3.90. The fraction of sp³-hybridized carbons (Fsp3) is 0.409. The third-order valence-corrected chi connectivity index (χ3v) is 10.6. The number of imidazole rings is 1. The molecule has 33 heavy (non-hydrogen) atoms. The fourth-order valence-electron chi connectivity index (χ4n) is 3.55. The summed E-state index contributed by atoms with van der Waals surface area (Å²) in [5.74, 6) is 0.204.